The number of nitrogens with two attached hydrogens (primary N) is 1. The maximum absolute atomic E-state index is 12.5. The summed E-state index contributed by atoms with van der Waals surface area (Å²) in [6.45, 7) is 7.68. The molecule has 4 nitrogen and oxygen atoms in total. The van der Waals surface area contributed by atoms with E-state index in [1.807, 2.05) is 20.8 Å². The number of hydrogen-bond donors (Lipinski definition) is 2. The van der Waals surface area contributed by atoms with Gasteiger partial charge in [-0.05, 0) is 44.9 Å². The highest BCUT2D eigenvalue weighted by Gasteiger charge is 2.25. The Hall–Kier alpha value is -1.35. The van der Waals surface area contributed by atoms with Crippen LogP contribution in [0.4, 0.5) is 0 Å². The van der Waals surface area contributed by atoms with E-state index in [1.54, 1.807) is 25.1 Å². The van der Waals surface area contributed by atoms with E-state index in [0.717, 1.165) is 0 Å². The zero-order valence-electron chi connectivity index (χ0n) is 12.4. The van der Waals surface area contributed by atoms with Gasteiger partial charge in [-0.2, -0.15) is 0 Å². The van der Waals surface area contributed by atoms with Gasteiger partial charge < -0.3 is 5.73 Å². The molecule has 0 unspecified atom stereocenters. The fourth-order valence-corrected chi connectivity index (χ4v) is 3.37. The Morgan fingerprint density at radius 1 is 1.35 bits per heavy atom. The number of rotatable bonds is 4. The maximum atomic E-state index is 12.5. The number of benzene rings is 1. The number of hydrogen-bond acceptors (Lipinski definition) is 3. The van der Waals surface area contributed by atoms with Crippen LogP contribution in [-0.2, 0) is 10.0 Å². The summed E-state index contributed by atoms with van der Waals surface area (Å²) in [5, 5.41) is 0. The summed E-state index contributed by atoms with van der Waals surface area (Å²) < 4.78 is 27.7. The molecule has 0 spiro atoms. The van der Waals surface area contributed by atoms with Gasteiger partial charge in [0.15, 0.2) is 0 Å². The summed E-state index contributed by atoms with van der Waals surface area (Å²) in [7, 11) is -3.56. The van der Waals surface area contributed by atoms with E-state index in [4.69, 9.17) is 5.73 Å². The highest BCUT2D eigenvalue weighted by Crippen LogP contribution is 2.20. The summed E-state index contributed by atoms with van der Waals surface area (Å²) in [4.78, 5) is 0.267. The molecule has 0 heterocycles. The lowest BCUT2D eigenvalue weighted by Crippen LogP contribution is -2.42. The van der Waals surface area contributed by atoms with Crippen LogP contribution in [0.15, 0.2) is 23.1 Å². The quantitative estimate of drug-likeness (QED) is 0.831. The Kier molecular flexibility index (Phi) is 5.35. The second kappa shape index (κ2) is 6.40. The fourth-order valence-electron chi connectivity index (χ4n) is 1.61. The number of sulfonamides is 1. The van der Waals surface area contributed by atoms with Crippen LogP contribution in [0.25, 0.3) is 0 Å². The lowest BCUT2D eigenvalue weighted by atomic mass is 10.0. The molecule has 0 fully saturated rings. The van der Waals surface area contributed by atoms with Gasteiger partial charge in [-0.3, -0.25) is 0 Å². The van der Waals surface area contributed by atoms with Gasteiger partial charge >= 0.3 is 0 Å². The highest BCUT2D eigenvalue weighted by molar-refractivity contribution is 7.89. The second-order valence-electron chi connectivity index (χ2n) is 5.33. The zero-order valence-corrected chi connectivity index (χ0v) is 13.3. The lowest BCUT2D eigenvalue weighted by molar-refractivity contribution is 0.439. The number of aryl methyl sites for hydroxylation is 1. The van der Waals surface area contributed by atoms with Crippen LogP contribution in [-0.4, -0.2) is 20.5 Å². The molecule has 0 aliphatic carbocycles. The minimum Gasteiger partial charge on any atom is -0.320 e. The van der Waals surface area contributed by atoms with Gasteiger partial charge in [0.2, 0.25) is 10.0 Å². The van der Waals surface area contributed by atoms with Crippen LogP contribution in [0.1, 0.15) is 38.3 Å². The van der Waals surface area contributed by atoms with Crippen LogP contribution >= 0.6 is 0 Å². The summed E-state index contributed by atoms with van der Waals surface area (Å²) in [5.41, 5.74) is 6.19. The minimum atomic E-state index is -3.56. The molecule has 0 bridgehead atoms. The van der Waals surface area contributed by atoms with E-state index >= 15 is 0 Å². The molecular formula is C15H22N2O2S. The largest absolute Gasteiger partial charge is 0.320 e. The third-order valence-electron chi connectivity index (χ3n) is 3.11. The van der Waals surface area contributed by atoms with Crippen molar-refractivity contribution < 1.29 is 8.42 Å². The average molecular weight is 294 g/mol. The maximum Gasteiger partial charge on any atom is 0.241 e. The van der Waals surface area contributed by atoms with Gasteiger partial charge in [-0.1, -0.05) is 24.8 Å². The first-order valence-electron chi connectivity index (χ1n) is 6.55. The molecule has 0 saturated carbocycles. The van der Waals surface area contributed by atoms with E-state index in [1.165, 1.54) is 0 Å². The Labute approximate surface area is 121 Å². The Bertz CT molecular complexity index is 638. The van der Waals surface area contributed by atoms with Crippen LogP contribution in [0.3, 0.4) is 0 Å². The molecule has 20 heavy (non-hydrogen) atoms. The third-order valence-corrected chi connectivity index (χ3v) is 4.95. The van der Waals surface area contributed by atoms with E-state index in [0.29, 0.717) is 17.5 Å². The van der Waals surface area contributed by atoms with Crippen molar-refractivity contribution in [2.45, 2.75) is 44.6 Å². The zero-order chi connectivity index (χ0) is 15.4. The number of nitrogens with one attached hydrogen (secondary N) is 1. The van der Waals surface area contributed by atoms with Crippen LogP contribution in [0.2, 0.25) is 0 Å². The van der Waals surface area contributed by atoms with E-state index in [-0.39, 0.29) is 11.4 Å². The Morgan fingerprint density at radius 2 is 2.00 bits per heavy atom. The summed E-state index contributed by atoms with van der Waals surface area (Å²) >= 11 is 0. The molecule has 0 aromatic heterocycles. The van der Waals surface area contributed by atoms with Crippen LogP contribution in [0.5, 0.6) is 0 Å². The molecule has 5 heteroatoms. The first kappa shape index (κ1) is 16.7. The molecular weight excluding hydrogens is 272 g/mol. The van der Waals surface area contributed by atoms with E-state index < -0.39 is 15.6 Å². The third kappa shape index (κ3) is 4.34. The van der Waals surface area contributed by atoms with Crippen LogP contribution < -0.4 is 10.5 Å². The Balaban J connectivity index is 3.24. The smallest absolute Gasteiger partial charge is 0.241 e. The molecule has 1 aromatic carbocycles. The lowest BCUT2D eigenvalue weighted by Gasteiger charge is -2.24. The Morgan fingerprint density at radius 3 is 2.55 bits per heavy atom. The SMILES string of the molecule is CCC(C)(C)NS(=O)(=O)c1cc(C#CCN)ccc1C. The molecule has 0 radical (unpaired) electrons. The average Bonchev–Trinajstić information content (AvgIpc) is 2.36. The van der Waals surface area contributed by atoms with Crippen molar-refractivity contribution in [3.05, 3.63) is 29.3 Å². The summed E-state index contributed by atoms with van der Waals surface area (Å²) in [5.74, 6) is 5.58. The molecule has 0 saturated heterocycles. The van der Waals surface area contributed by atoms with Gasteiger partial charge in [0.1, 0.15) is 0 Å². The molecule has 1 aromatic rings. The normalized spacial score (nSPS) is 11.8. The van der Waals surface area contributed by atoms with Crippen molar-refractivity contribution in [1.29, 1.82) is 0 Å². The fraction of sp³-hybridized carbons (Fsp3) is 0.467. The topological polar surface area (TPSA) is 72.2 Å². The van der Waals surface area contributed by atoms with Crippen molar-refractivity contribution >= 4 is 10.0 Å². The van der Waals surface area contributed by atoms with Gasteiger partial charge in [-0.15, -0.1) is 0 Å². The van der Waals surface area contributed by atoms with Gasteiger partial charge in [-0.25, -0.2) is 13.1 Å². The van der Waals surface area contributed by atoms with Gasteiger partial charge in [0, 0.05) is 11.1 Å². The highest BCUT2D eigenvalue weighted by atomic mass is 32.2. The predicted octanol–water partition coefficient (Wildman–Crippen LogP) is 1.77. The van der Waals surface area contributed by atoms with Crippen molar-refractivity contribution in [1.82, 2.24) is 4.72 Å². The summed E-state index contributed by atoms with van der Waals surface area (Å²) in [6.07, 6.45) is 0.706. The minimum absolute atomic E-state index is 0.247. The molecule has 1 rings (SSSR count). The summed E-state index contributed by atoms with van der Waals surface area (Å²) in [6, 6.07) is 5.14. The second-order valence-corrected chi connectivity index (χ2v) is 6.98. The predicted molar refractivity (Wildman–Crippen MR) is 81.8 cm³/mol. The monoisotopic (exact) mass is 294 g/mol. The molecule has 3 N–H and O–H groups in total. The molecule has 0 atom stereocenters. The van der Waals surface area contributed by atoms with Gasteiger partial charge in [0.25, 0.3) is 0 Å². The van der Waals surface area contributed by atoms with Crippen LogP contribution in [0, 0.1) is 18.8 Å². The van der Waals surface area contributed by atoms with E-state index in [9.17, 15) is 8.42 Å². The van der Waals surface area contributed by atoms with Crippen molar-refractivity contribution in [2.75, 3.05) is 6.54 Å². The van der Waals surface area contributed by atoms with E-state index in [2.05, 4.69) is 16.6 Å². The standard InChI is InChI=1S/C15H22N2O2S/c1-5-15(3,4)17-20(18,19)14-11-13(7-6-10-16)9-8-12(14)2/h8-9,11,17H,5,10,16H2,1-4H3. The van der Waals surface area contributed by atoms with Crippen molar-refractivity contribution in [3.63, 3.8) is 0 Å². The first-order valence-corrected chi connectivity index (χ1v) is 8.04. The first-order chi connectivity index (χ1) is 9.22. The molecule has 0 aliphatic heterocycles. The van der Waals surface area contributed by atoms with Crippen molar-refractivity contribution in [3.8, 4) is 11.8 Å². The molecule has 0 amide bonds. The van der Waals surface area contributed by atoms with Gasteiger partial charge in [0.05, 0.1) is 11.4 Å². The van der Waals surface area contributed by atoms with Crippen molar-refractivity contribution in [2.24, 2.45) is 5.73 Å². The molecule has 110 valence electrons. The molecule has 0 aliphatic rings.